The van der Waals surface area contributed by atoms with Crippen molar-refractivity contribution in [3.8, 4) is 5.75 Å². The van der Waals surface area contributed by atoms with Crippen molar-refractivity contribution in [1.29, 1.82) is 0 Å². The fraction of sp³-hybridized carbons (Fsp3) is 0.560. The number of anilines is 2. The predicted octanol–water partition coefficient (Wildman–Crippen LogP) is 4.60. The Kier molecular flexibility index (Phi) is 6.17. The molecule has 2 fully saturated rings. The lowest BCUT2D eigenvalue weighted by Crippen LogP contribution is -2.39. The van der Waals surface area contributed by atoms with Crippen LogP contribution in [-0.2, 0) is 4.79 Å². The molecular formula is C25H34N4O2. The van der Waals surface area contributed by atoms with E-state index in [4.69, 9.17) is 9.72 Å². The van der Waals surface area contributed by atoms with Crippen molar-refractivity contribution < 1.29 is 9.53 Å². The number of rotatable bonds is 7. The van der Waals surface area contributed by atoms with E-state index < -0.39 is 0 Å². The lowest BCUT2D eigenvalue weighted by Gasteiger charge is -2.32. The molecule has 2 saturated heterocycles. The minimum absolute atomic E-state index is 0.114. The Morgan fingerprint density at radius 3 is 2.68 bits per heavy atom. The smallest absolute Gasteiger partial charge is 0.227 e. The average molecular weight is 423 g/mol. The normalized spacial score (nSPS) is 21.4. The monoisotopic (exact) mass is 422 g/mol. The van der Waals surface area contributed by atoms with Gasteiger partial charge in [-0.3, -0.25) is 0 Å². The number of ether oxygens (including phenoxy) is 1. The third-order valence-electron chi connectivity index (χ3n) is 6.59. The van der Waals surface area contributed by atoms with Crippen LogP contribution in [0.15, 0.2) is 36.5 Å². The third-order valence-corrected chi connectivity index (χ3v) is 6.59. The molecule has 0 amide bonds. The Morgan fingerprint density at radius 1 is 1.23 bits per heavy atom. The highest BCUT2D eigenvalue weighted by molar-refractivity contribution is 5.76. The Labute approximate surface area is 185 Å². The van der Waals surface area contributed by atoms with Crippen LogP contribution in [0.3, 0.4) is 0 Å². The predicted molar refractivity (Wildman–Crippen MR) is 124 cm³/mol. The van der Waals surface area contributed by atoms with E-state index in [0.717, 1.165) is 43.6 Å². The van der Waals surface area contributed by atoms with Crippen LogP contribution in [0.5, 0.6) is 5.75 Å². The molecule has 6 heteroatoms. The summed E-state index contributed by atoms with van der Waals surface area (Å²) >= 11 is 0. The summed E-state index contributed by atoms with van der Waals surface area (Å²) in [6.45, 7) is 11.0. The standard InChI is InChI=1S/C25H34N4O2/c1-18(16-19(2)30)20-6-8-21(9-7-20)31-22-11-15-28(17-22)23-10-13-26-24(27-23)29-14-5-12-25(29,3)4/h6-10,13,18,22H,5,11-12,14-17H2,1-4H3/t18-,22-/m1/s1. The molecule has 0 bridgehead atoms. The van der Waals surface area contributed by atoms with Gasteiger partial charge in [0.2, 0.25) is 5.95 Å². The summed E-state index contributed by atoms with van der Waals surface area (Å²) in [5, 5.41) is 0. The molecule has 0 spiro atoms. The van der Waals surface area contributed by atoms with E-state index >= 15 is 0 Å². The molecule has 1 aromatic carbocycles. The molecule has 4 rings (SSSR count). The van der Waals surface area contributed by atoms with Crippen LogP contribution in [0.25, 0.3) is 0 Å². The van der Waals surface area contributed by atoms with Crippen molar-refractivity contribution in [2.75, 3.05) is 29.4 Å². The SMILES string of the molecule is CC(=O)C[C@@H](C)c1ccc(O[C@@H]2CCN(c3ccnc(N4CCCC4(C)C)n3)C2)cc1. The van der Waals surface area contributed by atoms with E-state index in [1.165, 1.54) is 18.4 Å². The number of aromatic nitrogens is 2. The highest BCUT2D eigenvalue weighted by atomic mass is 16.5. The maximum atomic E-state index is 11.4. The van der Waals surface area contributed by atoms with Crippen LogP contribution in [0, 0.1) is 0 Å². The zero-order valence-corrected chi connectivity index (χ0v) is 19.2. The zero-order chi connectivity index (χ0) is 22.0. The van der Waals surface area contributed by atoms with Crippen LogP contribution >= 0.6 is 0 Å². The fourth-order valence-corrected chi connectivity index (χ4v) is 4.77. The van der Waals surface area contributed by atoms with Crippen molar-refractivity contribution in [2.24, 2.45) is 0 Å². The summed E-state index contributed by atoms with van der Waals surface area (Å²) in [5.41, 5.74) is 1.29. The van der Waals surface area contributed by atoms with Gasteiger partial charge < -0.3 is 19.3 Å². The molecule has 2 atom stereocenters. The van der Waals surface area contributed by atoms with Crippen molar-refractivity contribution >= 4 is 17.5 Å². The number of nitrogens with zero attached hydrogens (tertiary/aromatic N) is 4. The number of carbonyl (C=O) groups is 1. The van der Waals surface area contributed by atoms with Gasteiger partial charge in [0.1, 0.15) is 23.5 Å². The van der Waals surface area contributed by atoms with Gasteiger partial charge in [0, 0.05) is 37.7 Å². The minimum Gasteiger partial charge on any atom is -0.489 e. The Bertz CT molecular complexity index is 912. The van der Waals surface area contributed by atoms with Crippen molar-refractivity contribution in [2.45, 2.75) is 70.9 Å². The van der Waals surface area contributed by atoms with Crippen LogP contribution in [0.1, 0.15) is 64.9 Å². The number of carbonyl (C=O) groups excluding carboxylic acids is 1. The summed E-state index contributed by atoms with van der Waals surface area (Å²) < 4.78 is 6.24. The molecular weight excluding hydrogens is 388 g/mol. The molecule has 0 radical (unpaired) electrons. The van der Waals surface area contributed by atoms with E-state index in [-0.39, 0.29) is 23.3 Å². The molecule has 0 aliphatic carbocycles. The molecule has 2 aromatic rings. The zero-order valence-electron chi connectivity index (χ0n) is 19.2. The first-order valence-electron chi connectivity index (χ1n) is 11.4. The highest BCUT2D eigenvalue weighted by Gasteiger charge is 2.34. The average Bonchev–Trinajstić information content (AvgIpc) is 3.34. The largest absolute Gasteiger partial charge is 0.489 e. The molecule has 2 aliphatic heterocycles. The van der Waals surface area contributed by atoms with E-state index in [2.05, 4.69) is 47.7 Å². The molecule has 0 unspecified atom stereocenters. The summed E-state index contributed by atoms with van der Waals surface area (Å²) in [7, 11) is 0. The van der Waals surface area contributed by atoms with Crippen molar-refractivity contribution in [1.82, 2.24) is 9.97 Å². The van der Waals surface area contributed by atoms with Gasteiger partial charge in [-0.2, -0.15) is 4.98 Å². The van der Waals surface area contributed by atoms with Gasteiger partial charge in [-0.05, 0) is 63.3 Å². The molecule has 31 heavy (non-hydrogen) atoms. The van der Waals surface area contributed by atoms with Gasteiger partial charge >= 0.3 is 0 Å². The topological polar surface area (TPSA) is 58.6 Å². The number of ketones is 1. The first-order valence-corrected chi connectivity index (χ1v) is 11.4. The summed E-state index contributed by atoms with van der Waals surface area (Å²) in [5.74, 6) is 3.15. The molecule has 2 aliphatic rings. The molecule has 166 valence electrons. The third kappa shape index (κ3) is 5.00. The van der Waals surface area contributed by atoms with Gasteiger partial charge in [-0.1, -0.05) is 19.1 Å². The summed E-state index contributed by atoms with van der Waals surface area (Å²) in [6, 6.07) is 10.2. The van der Waals surface area contributed by atoms with Gasteiger partial charge in [-0.15, -0.1) is 0 Å². The number of benzene rings is 1. The lowest BCUT2D eigenvalue weighted by molar-refractivity contribution is -0.117. The second-order valence-corrected chi connectivity index (χ2v) is 9.63. The van der Waals surface area contributed by atoms with Gasteiger partial charge in [-0.25, -0.2) is 4.98 Å². The number of hydrogen-bond acceptors (Lipinski definition) is 6. The maximum absolute atomic E-state index is 11.4. The Hall–Kier alpha value is -2.63. The Morgan fingerprint density at radius 2 is 2.00 bits per heavy atom. The molecule has 1 aromatic heterocycles. The molecule has 0 saturated carbocycles. The number of hydrogen-bond donors (Lipinski definition) is 0. The first-order chi connectivity index (χ1) is 14.8. The van der Waals surface area contributed by atoms with Crippen molar-refractivity contribution in [3.63, 3.8) is 0 Å². The second-order valence-electron chi connectivity index (χ2n) is 9.63. The Balaban J connectivity index is 1.37. The van der Waals surface area contributed by atoms with Crippen LogP contribution in [0.4, 0.5) is 11.8 Å². The van der Waals surface area contributed by atoms with Gasteiger partial charge in [0.05, 0.1) is 6.54 Å². The maximum Gasteiger partial charge on any atom is 0.227 e. The molecule has 3 heterocycles. The summed E-state index contributed by atoms with van der Waals surface area (Å²) in [6.07, 6.45) is 5.92. The van der Waals surface area contributed by atoms with E-state index in [1.54, 1.807) is 6.92 Å². The van der Waals surface area contributed by atoms with E-state index in [1.807, 2.05) is 24.4 Å². The highest BCUT2D eigenvalue weighted by Crippen LogP contribution is 2.32. The van der Waals surface area contributed by atoms with E-state index in [9.17, 15) is 4.79 Å². The second kappa shape index (κ2) is 8.85. The quantitative estimate of drug-likeness (QED) is 0.650. The summed E-state index contributed by atoms with van der Waals surface area (Å²) in [4.78, 5) is 25.4. The lowest BCUT2D eigenvalue weighted by atomic mass is 9.96. The van der Waals surface area contributed by atoms with Crippen LogP contribution < -0.4 is 14.5 Å². The fourth-order valence-electron chi connectivity index (χ4n) is 4.77. The van der Waals surface area contributed by atoms with Gasteiger partial charge in [0.15, 0.2) is 0 Å². The minimum atomic E-state index is 0.114. The molecule has 6 nitrogen and oxygen atoms in total. The molecule has 0 N–H and O–H groups in total. The first kappa shape index (κ1) is 21.6. The van der Waals surface area contributed by atoms with Crippen molar-refractivity contribution in [3.05, 3.63) is 42.1 Å². The van der Waals surface area contributed by atoms with E-state index in [0.29, 0.717) is 6.42 Å². The van der Waals surface area contributed by atoms with Crippen LogP contribution in [-0.4, -0.2) is 47.0 Å². The van der Waals surface area contributed by atoms with Gasteiger partial charge in [0.25, 0.3) is 0 Å². The number of Topliss-reactive ketones (excluding diaryl/α,β-unsaturated/α-hetero) is 1. The van der Waals surface area contributed by atoms with Crippen LogP contribution in [0.2, 0.25) is 0 Å².